The average molecular weight is 616 g/mol. The summed E-state index contributed by atoms with van der Waals surface area (Å²) in [5.41, 5.74) is 4.25. The van der Waals surface area contributed by atoms with E-state index in [0.29, 0.717) is 39.3 Å². The molecule has 0 aliphatic rings. The van der Waals surface area contributed by atoms with E-state index < -0.39 is 5.69 Å². The van der Waals surface area contributed by atoms with Gasteiger partial charge in [0.15, 0.2) is 5.16 Å². The first-order valence-corrected chi connectivity index (χ1v) is 14.7. The first-order chi connectivity index (χ1) is 20.7. The molecule has 2 N–H and O–H groups in total. The number of aromatic amines is 2. The zero-order valence-electron chi connectivity index (χ0n) is 23.1. The quantitative estimate of drug-likeness (QED) is 0.161. The molecule has 0 spiro atoms. The number of H-pyrrole nitrogens is 2. The topological polar surface area (TPSA) is 112 Å². The van der Waals surface area contributed by atoms with Gasteiger partial charge >= 0.3 is 5.69 Å². The standard InChI is InChI=1S/C32H27ClFN5O3S/c1-39(18-20-2-6-23(7-3-20)24-8-10-25(33)11-9-24)29(40)15-28-27(14-22-16-35-31(42)36-17-22)30(41)38-32(37-28)43-19-21-4-12-26(34)13-5-21/h2-13,16-17H,14-15,18-19H2,1H3,(H,35,36,42)(H,37,38,41). The van der Waals surface area contributed by atoms with Crippen LogP contribution in [0, 0.1) is 5.82 Å². The van der Waals surface area contributed by atoms with Gasteiger partial charge in [0.25, 0.3) is 5.56 Å². The highest BCUT2D eigenvalue weighted by atomic mass is 35.5. The predicted octanol–water partition coefficient (Wildman–Crippen LogP) is 5.40. The Balaban J connectivity index is 1.33. The summed E-state index contributed by atoms with van der Waals surface area (Å²) in [6.07, 6.45) is 2.91. The Morgan fingerprint density at radius 3 is 2.23 bits per heavy atom. The van der Waals surface area contributed by atoms with Crippen molar-refractivity contribution in [1.29, 1.82) is 0 Å². The van der Waals surface area contributed by atoms with Crippen molar-refractivity contribution in [2.75, 3.05) is 7.05 Å². The lowest BCUT2D eigenvalue weighted by Crippen LogP contribution is -2.30. The van der Waals surface area contributed by atoms with E-state index in [2.05, 4.69) is 19.9 Å². The van der Waals surface area contributed by atoms with Gasteiger partial charge in [-0.05, 0) is 52.1 Å². The molecule has 0 aliphatic carbocycles. The Morgan fingerprint density at radius 1 is 0.930 bits per heavy atom. The second-order valence-corrected chi connectivity index (χ2v) is 11.3. The van der Waals surface area contributed by atoms with Gasteiger partial charge in [-0.15, -0.1) is 0 Å². The number of benzene rings is 3. The van der Waals surface area contributed by atoms with E-state index in [9.17, 15) is 18.8 Å². The molecular weight excluding hydrogens is 589 g/mol. The van der Waals surface area contributed by atoms with Crippen LogP contribution in [-0.4, -0.2) is 37.8 Å². The fourth-order valence-corrected chi connectivity index (χ4v) is 5.37. The largest absolute Gasteiger partial charge is 0.344 e. The van der Waals surface area contributed by atoms with Gasteiger partial charge < -0.3 is 14.9 Å². The second-order valence-electron chi connectivity index (χ2n) is 9.95. The minimum Gasteiger partial charge on any atom is -0.341 e. The summed E-state index contributed by atoms with van der Waals surface area (Å²) in [4.78, 5) is 53.3. The van der Waals surface area contributed by atoms with E-state index in [1.165, 1.54) is 36.3 Å². The number of carbonyl (C=O) groups excluding carboxylic acids is 1. The lowest BCUT2D eigenvalue weighted by Gasteiger charge is -2.18. The molecule has 2 heterocycles. The molecule has 218 valence electrons. The van der Waals surface area contributed by atoms with E-state index in [0.717, 1.165) is 22.3 Å². The van der Waals surface area contributed by atoms with Crippen molar-refractivity contribution in [3.63, 3.8) is 0 Å². The summed E-state index contributed by atoms with van der Waals surface area (Å²) in [5, 5.41) is 1.02. The third-order valence-corrected chi connectivity index (χ3v) is 7.97. The van der Waals surface area contributed by atoms with Gasteiger partial charge in [0.05, 0.1) is 12.1 Å². The van der Waals surface area contributed by atoms with Crippen LogP contribution >= 0.6 is 23.4 Å². The maximum absolute atomic E-state index is 13.4. The number of nitrogens with zero attached hydrogens (tertiary/aromatic N) is 3. The monoisotopic (exact) mass is 615 g/mol. The molecule has 43 heavy (non-hydrogen) atoms. The van der Waals surface area contributed by atoms with Crippen molar-refractivity contribution < 1.29 is 9.18 Å². The summed E-state index contributed by atoms with van der Waals surface area (Å²) in [6.45, 7) is 0.369. The van der Waals surface area contributed by atoms with Gasteiger partial charge in [0.2, 0.25) is 5.91 Å². The fraction of sp³-hybridized carbons (Fsp3) is 0.156. The van der Waals surface area contributed by atoms with Gasteiger partial charge in [0, 0.05) is 48.7 Å². The van der Waals surface area contributed by atoms with Gasteiger partial charge in [-0.25, -0.2) is 19.2 Å². The third-order valence-electron chi connectivity index (χ3n) is 6.77. The number of rotatable bonds is 10. The maximum atomic E-state index is 13.4. The normalized spacial score (nSPS) is 11.0. The lowest BCUT2D eigenvalue weighted by atomic mass is 10.0. The van der Waals surface area contributed by atoms with Gasteiger partial charge in [-0.3, -0.25) is 9.59 Å². The van der Waals surface area contributed by atoms with Crippen molar-refractivity contribution >= 4 is 29.3 Å². The molecule has 0 unspecified atom stereocenters. The molecule has 0 atom stereocenters. The molecule has 0 bridgehead atoms. The highest BCUT2D eigenvalue weighted by Gasteiger charge is 2.19. The molecule has 0 aliphatic heterocycles. The first-order valence-electron chi connectivity index (χ1n) is 13.4. The van der Waals surface area contributed by atoms with Crippen molar-refractivity contribution in [3.05, 3.63) is 145 Å². The summed E-state index contributed by atoms with van der Waals surface area (Å²) in [6, 6.07) is 21.6. The van der Waals surface area contributed by atoms with Crippen LogP contribution in [0.2, 0.25) is 5.02 Å². The molecule has 5 rings (SSSR count). The molecule has 2 aromatic heterocycles. The molecule has 0 saturated heterocycles. The van der Waals surface area contributed by atoms with Crippen molar-refractivity contribution in [3.8, 4) is 11.1 Å². The highest BCUT2D eigenvalue weighted by Crippen LogP contribution is 2.23. The minimum absolute atomic E-state index is 0.0977. The molecule has 5 aromatic rings. The maximum Gasteiger partial charge on any atom is 0.344 e. The van der Waals surface area contributed by atoms with Crippen LogP contribution in [0.5, 0.6) is 0 Å². The molecular formula is C32H27ClFN5O3S. The number of hydrogen-bond donors (Lipinski definition) is 2. The van der Waals surface area contributed by atoms with Crippen LogP contribution in [0.1, 0.15) is 27.9 Å². The van der Waals surface area contributed by atoms with Crippen LogP contribution < -0.4 is 11.2 Å². The molecule has 11 heteroatoms. The number of thioether (sulfide) groups is 1. The van der Waals surface area contributed by atoms with Crippen LogP contribution in [0.25, 0.3) is 11.1 Å². The Morgan fingerprint density at radius 2 is 1.58 bits per heavy atom. The smallest absolute Gasteiger partial charge is 0.341 e. The summed E-state index contributed by atoms with van der Waals surface area (Å²) < 4.78 is 13.3. The van der Waals surface area contributed by atoms with Crippen LogP contribution in [-0.2, 0) is 29.9 Å². The van der Waals surface area contributed by atoms with Gasteiger partial charge in [-0.1, -0.05) is 71.9 Å². The van der Waals surface area contributed by atoms with E-state index in [-0.39, 0.29) is 30.1 Å². The van der Waals surface area contributed by atoms with Crippen LogP contribution in [0.3, 0.4) is 0 Å². The van der Waals surface area contributed by atoms with E-state index >= 15 is 0 Å². The number of halogens is 2. The zero-order valence-corrected chi connectivity index (χ0v) is 24.7. The molecule has 8 nitrogen and oxygen atoms in total. The fourth-order valence-electron chi connectivity index (χ4n) is 4.41. The third kappa shape index (κ3) is 8.06. The van der Waals surface area contributed by atoms with Crippen molar-refractivity contribution in [2.24, 2.45) is 0 Å². The van der Waals surface area contributed by atoms with Crippen LogP contribution in [0.15, 0.2) is 99.9 Å². The van der Waals surface area contributed by atoms with Crippen molar-refractivity contribution in [2.45, 2.75) is 30.3 Å². The Labute approximate surface area is 256 Å². The minimum atomic E-state index is -0.499. The van der Waals surface area contributed by atoms with Crippen molar-refractivity contribution in [1.82, 2.24) is 24.8 Å². The number of likely N-dealkylation sites (N-methyl/N-ethyl adjacent to an activating group) is 1. The molecule has 0 fully saturated rings. The lowest BCUT2D eigenvalue weighted by molar-refractivity contribution is -0.129. The van der Waals surface area contributed by atoms with E-state index in [1.807, 2.05) is 48.5 Å². The Hall–Kier alpha value is -4.54. The number of hydrogen-bond acceptors (Lipinski definition) is 6. The van der Waals surface area contributed by atoms with Crippen LogP contribution in [0.4, 0.5) is 4.39 Å². The molecule has 0 radical (unpaired) electrons. The number of carbonyl (C=O) groups is 1. The average Bonchev–Trinajstić information content (AvgIpc) is 3.00. The zero-order chi connectivity index (χ0) is 30.3. The van der Waals surface area contributed by atoms with E-state index in [1.54, 1.807) is 24.1 Å². The number of amides is 1. The molecule has 1 amide bonds. The Bertz CT molecular complexity index is 1820. The second kappa shape index (κ2) is 13.6. The molecule has 3 aromatic carbocycles. The predicted molar refractivity (Wildman–Crippen MR) is 166 cm³/mol. The SMILES string of the molecule is CN(Cc1ccc(-c2ccc(Cl)cc2)cc1)C(=O)Cc1nc(SCc2ccc(F)cc2)[nH]c(=O)c1Cc1cnc(=O)[nH]c1. The number of aromatic nitrogens is 4. The highest BCUT2D eigenvalue weighted by molar-refractivity contribution is 7.98. The molecule has 0 saturated carbocycles. The summed E-state index contributed by atoms with van der Waals surface area (Å²) in [7, 11) is 1.71. The summed E-state index contributed by atoms with van der Waals surface area (Å²) in [5.74, 6) is -0.0925. The van der Waals surface area contributed by atoms with E-state index in [4.69, 9.17) is 11.6 Å². The summed E-state index contributed by atoms with van der Waals surface area (Å²) >= 11 is 7.28. The van der Waals surface area contributed by atoms with Gasteiger partial charge in [-0.2, -0.15) is 0 Å². The number of nitrogens with one attached hydrogen (secondary N) is 2. The Kier molecular flexibility index (Phi) is 9.48. The van der Waals surface area contributed by atoms with Gasteiger partial charge in [0.1, 0.15) is 5.82 Å². The first kappa shape index (κ1) is 29.9.